The fourth-order valence-electron chi connectivity index (χ4n) is 1.44. The minimum Gasteiger partial charge on any atom is -0.463 e. The molecular weight excluding hydrogens is 249 g/mol. The summed E-state index contributed by atoms with van der Waals surface area (Å²) in [6.07, 6.45) is -0.0764. The predicted molar refractivity (Wildman–Crippen MR) is 69.3 cm³/mol. The zero-order valence-corrected chi connectivity index (χ0v) is 11.3. The summed E-state index contributed by atoms with van der Waals surface area (Å²) in [5.41, 5.74) is 0.720. The molecule has 0 fully saturated rings. The van der Waals surface area contributed by atoms with Crippen molar-refractivity contribution in [3.05, 3.63) is 35.1 Å². The fourth-order valence-corrected chi connectivity index (χ4v) is 1.44. The van der Waals surface area contributed by atoms with Gasteiger partial charge in [0.05, 0.1) is 12.5 Å². The second-order valence-electron chi connectivity index (χ2n) is 4.51. The van der Waals surface area contributed by atoms with Crippen molar-refractivity contribution in [2.24, 2.45) is 0 Å². The number of halogens is 1. The molecule has 1 amide bonds. The number of aryl methyl sites for hydroxylation is 1. The van der Waals surface area contributed by atoms with Gasteiger partial charge in [0, 0.05) is 12.1 Å². The van der Waals surface area contributed by atoms with E-state index in [4.69, 9.17) is 4.74 Å². The van der Waals surface area contributed by atoms with Crippen molar-refractivity contribution >= 4 is 11.9 Å². The normalized spacial score (nSPS) is 10.4. The Morgan fingerprint density at radius 1 is 1.37 bits per heavy atom. The number of rotatable bonds is 5. The van der Waals surface area contributed by atoms with Gasteiger partial charge in [0.2, 0.25) is 0 Å². The van der Waals surface area contributed by atoms with Gasteiger partial charge in [0.1, 0.15) is 5.82 Å². The zero-order chi connectivity index (χ0) is 14.4. The van der Waals surface area contributed by atoms with Gasteiger partial charge in [-0.1, -0.05) is 6.07 Å². The van der Waals surface area contributed by atoms with Crippen LogP contribution in [0.4, 0.5) is 4.39 Å². The smallest absolute Gasteiger partial charge is 0.307 e. The first-order chi connectivity index (χ1) is 8.90. The molecule has 104 valence electrons. The van der Waals surface area contributed by atoms with E-state index in [1.165, 1.54) is 12.1 Å². The summed E-state index contributed by atoms with van der Waals surface area (Å²) in [5, 5.41) is 2.54. The number of hydrogen-bond donors (Lipinski definition) is 1. The Bertz CT molecular complexity index is 472. The SMILES string of the molecule is Cc1ccc(C(=O)NCCC(=O)OC(C)C)cc1F. The van der Waals surface area contributed by atoms with Gasteiger partial charge in [0.15, 0.2) is 0 Å². The third kappa shape index (κ3) is 5.07. The molecule has 0 saturated carbocycles. The quantitative estimate of drug-likeness (QED) is 0.832. The first kappa shape index (κ1) is 15.1. The first-order valence-electron chi connectivity index (χ1n) is 6.14. The number of benzene rings is 1. The summed E-state index contributed by atoms with van der Waals surface area (Å²) in [6, 6.07) is 4.26. The van der Waals surface area contributed by atoms with Crippen LogP contribution >= 0.6 is 0 Å². The van der Waals surface area contributed by atoms with Crippen molar-refractivity contribution in [3.63, 3.8) is 0 Å². The lowest BCUT2D eigenvalue weighted by Gasteiger charge is -2.08. The van der Waals surface area contributed by atoms with Gasteiger partial charge in [-0.2, -0.15) is 0 Å². The fraction of sp³-hybridized carbons (Fsp3) is 0.429. The Kier molecular flexibility index (Phi) is 5.48. The molecule has 0 aliphatic heterocycles. The van der Waals surface area contributed by atoms with Crippen molar-refractivity contribution < 1.29 is 18.7 Å². The number of ether oxygens (including phenoxy) is 1. The molecule has 1 rings (SSSR count). The molecule has 0 radical (unpaired) electrons. The summed E-state index contributed by atoms with van der Waals surface area (Å²) >= 11 is 0. The number of carbonyl (C=O) groups is 2. The second-order valence-corrected chi connectivity index (χ2v) is 4.51. The monoisotopic (exact) mass is 267 g/mol. The Labute approximate surface area is 112 Å². The third-order valence-electron chi connectivity index (χ3n) is 2.42. The van der Waals surface area contributed by atoms with Crippen LogP contribution in [0.25, 0.3) is 0 Å². The highest BCUT2D eigenvalue weighted by molar-refractivity contribution is 5.94. The van der Waals surface area contributed by atoms with E-state index in [0.29, 0.717) is 5.56 Å². The molecule has 0 saturated heterocycles. The molecule has 1 aromatic rings. The Balaban J connectivity index is 2.43. The molecular formula is C14H18FNO3. The number of nitrogens with one attached hydrogen (secondary N) is 1. The zero-order valence-electron chi connectivity index (χ0n) is 11.3. The molecule has 0 atom stereocenters. The lowest BCUT2D eigenvalue weighted by molar-refractivity contribution is -0.147. The van der Waals surface area contributed by atoms with Gasteiger partial charge in [-0.05, 0) is 38.5 Å². The molecule has 0 aliphatic rings. The van der Waals surface area contributed by atoms with Gasteiger partial charge >= 0.3 is 5.97 Å². The average Bonchev–Trinajstić information content (AvgIpc) is 2.31. The molecule has 1 aromatic carbocycles. The van der Waals surface area contributed by atoms with E-state index < -0.39 is 11.7 Å². The molecule has 0 aliphatic carbocycles. The highest BCUT2D eigenvalue weighted by atomic mass is 19.1. The van der Waals surface area contributed by atoms with E-state index in [1.807, 2.05) is 0 Å². The van der Waals surface area contributed by atoms with Crippen molar-refractivity contribution in [2.75, 3.05) is 6.54 Å². The minimum absolute atomic E-state index is 0.0955. The first-order valence-corrected chi connectivity index (χ1v) is 6.14. The molecule has 0 unspecified atom stereocenters. The van der Waals surface area contributed by atoms with E-state index in [9.17, 15) is 14.0 Å². The van der Waals surface area contributed by atoms with Crippen molar-refractivity contribution in [2.45, 2.75) is 33.3 Å². The molecule has 5 heteroatoms. The van der Waals surface area contributed by atoms with E-state index in [1.54, 1.807) is 26.8 Å². The van der Waals surface area contributed by atoms with Crippen molar-refractivity contribution in [1.82, 2.24) is 5.32 Å². The number of carbonyl (C=O) groups excluding carboxylic acids is 2. The maximum Gasteiger partial charge on any atom is 0.307 e. The highest BCUT2D eigenvalue weighted by Crippen LogP contribution is 2.08. The number of amides is 1. The van der Waals surface area contributed by atoms with Crippen LogP contribution in [0.3, 0.4) is 0 Å². The molecule has 0 heterocycles. The van der Waals surface area contributed by atoms with E-state index in [-0.39, 0.29) is 30.6 Å². The van der Waals surface area contributed by atoms with Crippen LogP contribution in [0.15, 0.2) is 18.2 Å². The van der Waals surface area contributed by atoms with Gasteiger partial charge in [-0.15, -0.1) is 0 Å². The van der Waals surface area contributed by atoms with Crippen molar-refractivity contribution in [1.29, 1.82) is 0 Å². The highest BCUT2D eigenvalue weighted by Gasteiger charge is 2.09. The Morgan fingerprint density at radius 3 is 2.63 bits per heavy atom. The largest absolute Gasteiger partial charge is 0.463 e. The van der Waals surface area contributed by atoms with Crippen LogP contribution in [-0.4, -0.2) is 24.5 Å². The lowest BCUT2D eigenvalue weighted by Crippen LogP contribution is -2.27. The maximum atomic E-state index is 13.3. The van der Waals surface area contributed by atoms with Gasteiger partial charge in [-0.3, -0.25) is 9.59 Å². The molecule has 0 aromatic heterocycles. The topological polar surface area (TPSA) is 55.4 Å². The Morgan fingerprint density at radius 2 is 2.05 bits per heavy atom. The summed E-state index contributed by atoms with van der Waals surface area (Å²) in [5.74, 6) is -1.20. The van der Waals surface area contributed by atoms with Gasteiger partial charge < -0.3 is 10.1 Å². The van der Waals surface area contributed by atoms with Crippen LogP contribution in [-0.2, 0) is 9.53 Å². The molecule has 19 heavy (non-hydrogen) atoms. The predicted octanol–water partition coefficient (Wildman–Crippen LogP) is 2.21. The average molecular weight is 267 g/mol. The van der Waals surface area contributed by atoms with Crippen LogP contribution in [0.2, 0.25) is 0 Å². The third-order valence-corrected chi connectivity index (χ3v) is 2.42. The second kappa shape index (κ2) is 6.87. The van der Waals surface area contributed by atoms with E-state index in [0.717, 1.165) is 0 Å². The molecule has 1 N–H and O–H groups in total. The van der Waals surface area contributed by atoms with Crippen LogP contribution in [0.5, 0.6) is 0 Å². The lowest BCUT2D eigenvalue weighted by atomic mass is 10.1. The maximum absolute atomic E-state index is 13.3. The van der Waals surface area contributed by atoms with Gasteiger partial charge in [0.25, 0.3) is 5.91 Å². The molecule has 0 bridgehead atoms. The van der Waals surface area contributed by atoms with Crippen LogP contribution in [0.1, 0.15) is 36.2 Å². The van der Waals surface area contributed by atoms with E-state index >= 15 is 0 Å². The summed E-state index contributed by atoms with van der Waals surface area (Å²) < 4.78 is 18.2. The molecule has 4 nitrogen and oxygen atoms in total. The number of esters is 1. The van der Waals surface area contributed by atoms with E-state index in [2.05, 4.69) is 5.32 Å². The van der Waals surface area contributed by atoms with Crippen LogP contribution < -0.4 is 5.32 Å². The summed E-state index contributed by atoms with van der Waals surface area (Å²) in [6.45, 7) is 5.30. The Hall–Kier alpha value is -1.91. The minimum atomic E-state index is -0.424. The summed E-state index contributed by atoms with van der Waals surface area (Å²) in [7, 11) is 0. The summed E-state index contributed by atoms with van der Waals surface area (Å²) in [4.78, 5) is 22.9. The van der Waals surface area contributed by atoms with Crippen molar-refractivity contribution in [3.8, 4) is 0 Å². The standard InChI is InChI=1S/C14H18FNO3/c1-9(2)19-13(17)6-7-16-14(18)11-5-4-10(3)12(15)8-11/h4-5,8-9H,6-7H2,1-3H3,(H,16,18). The van der Waals surface area contributed by atoms with Crippen LogP contribution in [0, 0.1) is 12.7 Å². The van der Waals surface area contributed by atoms with Gasteiger partial charge in [-0.25, -0.2) is 4.39 Å². The molecule has 0 spiro atoms. The number of hydrogen-bond acceptors (Lipinski definition) is 3.